The van der Waals surface area contributed by atoms with Gasteiger partial charge in [0.2, 0.25) is 5.95 Å². The minimum absolute atomic E-state index is 0.0195. The maximum Gasteiger partial charge on any atom is 0.259 e. The van der Waals surface area contributed by atoms with Crippen LogP contribution in [0.2, 0.25) is 0 Å². The number of aryl methyl sites for hydroxylation is 2. The van der Waals surface area contributed by atoms with Gasteiger partial charge in [-0.2, -0.15) is 15.0 Å². The van der Waals surface area contributed by atoms with Crippen molar-refractivity contribution in [2.75, 3.05) is 24.5 Å². The summed E-state index contributed by atoms with van der Waals surface area (Å²) in [6.07, 6.45) is 6.65. The van der Waals surface area contributed by atoms with E-state index in [1.54, 1.807) is 12.1 Å². The lowest BCUT2D eigenvalue weighted by atomic mass is 9.85. The number of carbonyl (C=O) groups is 1. The molecule has 2 aromatic heterocycles. The van der Waals surface area contributed by atoms with Crippen molar-refractivity contribution in [3.05, 3.63) is 59.4 Å². The highest BCUT2D eigenvalue weighted by Gasteiger charge is 2.48. The fraction of sp³-hybridized carbons (Fsp3) is 0.435. The first-order valence-electron chi connectivity index (χ1n) is 11.0. The molecule has 0 N–H and O–H groups in total. The Morgan fingerprint density at radius 1 is 1.03 bits per heavy atom. The van der Waals surface area contributed by atoms with Gasteiger partial charge in [0, 0.05) is 31.0 Å². The molecule has 2 aliphatic rings. The van der Waals surface area contributed by atoms with E-state index in [9.17, 15) is 4.79 Å². The van der Waals surface area contributed by atoms with Gasteiger partial charge in [0.1, 0.15) is 17.1 Å². The molecule has 5 rings (SSSR count). The number of nitrogens with zero attached hydrogens (tertiary/aromatic N) is 7. The average Bonchev–Trinajstić information content (AvgIpc) is 3.44. The molecule has 166 valence electrons. The Morgan fingerprint density at radius 3 is 2.53 bits per heavy atom. The molecule has 3 aromatic rings. The van der Waals surface area contributed by atoms with Crippen molar-refractivity contribution in [2.45, 2.75) is 45.1 Å². The third-order valence-electron chi connectivity index (χ3n) is 6.52. The van der Waals surface area contributed by atoms with Crippen molar-refractivity contribution in [3.8, 4) is 5.69 Å². The number of hydrogen-bond acceptors (Lipinski definition) is 6. The highest BCUT2D eigenvalue weighted by atomic mass is 19.1. The van der Waals surface area contributed by atoms with E-state index in [0.717, 1.165) is 43.6 Å². The lowest BCUT2D eigenvalue weighted by Crippen LogP contribution is -2.56. The largest absolute Gasteiger partial charge is 0.338 e. The highest BCUT2D eigenvalue weighted by molar-refractivity contribution is 5.98. The molecule has 1 amide bonds. The fourth-order valence-corrected chi connectivity index (χ4v) is 5.08. The Hall–Kier alpha value is -3.36. The molecule has 0 bridgehead atoms. The predicted octanol–water partition coefficient (Wildman–Crippen LogP) is 3.09. The van der Waals surface area contributed by atoms with Crippen LogP contribution in [0.3, 0.4) is 0 Å². The SMILES string of the molecule is Cc1cc(C)nc(N2CCC3(CCCCN3C(=O)c3c(F)cccc3-n3nccn3)C2)n1. The number of halogens is 1. The molecule has 32 heavy (non-hydrogen) atoms. The van der Waals surface area contributed by atoms with Crippen LogP contribution in [0, 0.1) is 19.7 Å². The van der Waals surface area contributed by atoms with Crippen molar-refractivity contribution >= 4 is 11.9 Å². The normalized spacial score (nSPS) is 20.8. The first-order valence-corrected chi connectivity index (χ1v) is 11.0. The molecule has 1 atom stereocenters. The number of benzene rings is 1. The lowest BCUT2D eigenvalue weighted by Gasteiger charge is -2.45. The summed E-state index contributed by atoms with van der Waals surface area (Å²) in [6, 6.07) is 6.53. The highest BCUT2D eigenvalue weighted by Crippen LogP contribution is 2.39. The number of rotatable bonds is 3. The second-order valence-corrected chi connectivity index (χ2v) is 8.71. The Morgan fingerprint density at radius 2 is 1.78 bits per heavy atom. The van der Waals surface area contributed by atoms with Gasteiger partial charge in [-0.25, -0.2) is 14.4 Å². The Bertz CT molecular complexity index is 1130. The summed E-state index contributed by atoms with van der Waals surface area (Å²) in [5.41, 5.74) is 1.85. The monoisotopic (exact) mass is 435 g/mol. The maximum atomic E-state index is 15.0. The summed E-state index contributed by atoms with van der Waals surface area (Å²) < 4.78 is 15.0. The standard InChI is InChI=1S/C23H26FN7O/c1-16-14-17(2)28-22(27-16)29-13-9-23(15-29)8-3-4-12-30(23)21(32)20-18(24)6-5-7-19(20)31-25-10-11-26-31/h5-7,10-11,14H,3-4,8-9,12-13,15H2,1-2H3. The molecule has 1 spiro atoms. The predicted molar refractivity (Wildman–Crippen MR) is 117 cm³/mol. The molecule has 4 heterocycles. The van der Waals surface area contributed by atoms with Crippen molar-refractivity contribution in [1.29, 1.82) is 0 Å². The summed E-state index contributed by atoms with van der Waals surface area (Å²) in [5, 5.41) is 8.23. The molecule has 0 saturated carbocycles. The van der Waals surface area contributed by atoms with Crippen LogP contribution in [-0.2, 0) is 0 Å². The lowest BCUT2D eigenvalue weighted by molar-refractivity contribution is 0.0380. The number of piperidine rings is 1. The number of carbonyl (C=O) groups excluding carboxylic acids is 1. The van der Waals surface area contributed by atoms with Crippen molar-refractivity contribution in [2.24, 2.45) is 0 Å². The van der Waals surface area contributed by atoms with Crippen LogP contribution in [-0.4, -0.2) is 60.9 Å². The van der Waals surface area contributed by atoms with Gasteiger partial charge in [-0.1, -0.05) is 6.07 Å². The minimum atomic E-state index is -0.557. The zero-order valence-corrected chi connectivity index (χ0v) is 18.3. The molecule has 0 radical (unpaired) electrons. The smallest absolute Gasteiger partial charge is 0.259 e. The summed E-state index contributed by atoms with van der Waals surface area (Å²) in [7, 11) is 0. The third-order valence-corrected chi connectivity index (χ3v) is 6.52. The fourth-order valence-electron chi connectivity index (χ4n) is 5.08. The van der Waals surface area contributed by atoms with Gasteiger partial charge < -0.3 is 9.80 Å². The molecule has 8 nitrogen and oxygen atoms in total. The topological polar surface area (TPSA) is 80.0 Å². The molecule has 1 aromatic carbocycles. The van der Waals surface area contributed by atoms with E-state index in [-0.39, 0.29) is 17.0 Å². The van der Waals surface area contributed by atoms with Crippen molar-refractivity contribution < 1.29 is 9.18 Å². The van der Waals surface area contributed by atoms with Crippen LogP contribution < -0.4 is 4.90 Å². The van der Waals surface area contributed by atoms with Gasteiger partial charge in [0.15, 0.2) is 0 Å². The van der Waals surface area contributed by atoms with Gasteiger partial charge in [-0.05, 0) is 57.7 Å². The average molecular weight is 436 g/mol. The third kappa shape index (κ3) is 3.51. The van der Waals surface area contributed by atoms with Crippen LogP contribution in [0.4, 0.5) is 10.3 Å². The van der Waals surface area contributed by atoms with Crippen LogP contribution in [0.15, 0.2) is 36.7 Å². The van der Waals surface area contributed by atoms with E-state index in [4.69, 9.17) is 0 Å². The first kappa shape index (κ1) is 20.5. The van der Waals surface area contributed by atoms with Gasteiger partial charge in [-0.15, -0.1) is 0 Å². The van der Waals surface area contributed by atoms with Crippen LogP contribution >= 0.6 is 0 Å². The Labute approximate surface area is 186 Å². The van der Waals surface area contributed by atoms with E-state index in [1.165, 1.54) is 23.3 Å². The van der Waals surface area contributed by atoms with Crippen molar-refractivity contribution in [3.63, 3.8) is 0 Å². The number of hydrogen-bond donors (Lipinski definition) is 0. The first-order chi connectivity index (χ1) is 15.5. The number of anilines is 1. The molecule has 2 saturated heterocycles. The maximum absolute atomic E-state index is 15.0. The summed E-state index contributed by atoms with van der Waals surface area (Å²) >= 11 is 0. The van der Waals surface area contributed by atoms with E-state index >= 15 is 4.39 Å². The Balaban J connectivity index is 1.49. The van der Waals surface area contributed by atoms with Crippen molar-refractivity contribution in [1.82, 2.24) is 29.9 Å². The van der Waals surface area contributed by atoms with Gasteiger partial charge in [-0.3, -0.25) is 4.79 Å². The number of amides is 1. The molecule has 9 heteroatoms. The summed E-state index contributed by atoms with van der Waals surface area (Å²) in [5.74, 6) is -0.166. The molecular formula is C23H26FN7O. The molecule has 1 unspecified atom stereocenters. The quantitative estimate of drug-likeness (QED) is 0.629. The minimum Gasteiger partial charge on any atom is -0.338 e. The number of likely N-dealkylation sites (tertiary alicyclic amines) is 1. The molecule has 2 fully saturated rings. The molecule has 2 aliphatic heterocycles. The zero-order valence-electron chi connectivity index (χ0n) is 18.3. The van der Waals surface area contributed by atoms with Gasteiger partial charge in [0.25, 0.3) is 5.91 Å². The second-order valence-electron chi connectivity index (χ2n) is 8.71. The summed E-state index contributed by atoms with van der Waals surface area (Å²) in [6.45, 7) is 5.93. The van der Waals surface area contributed by atoms with E-state index in [2.05, 4.69) is 25.1 Å². The van der Waals surface area contributed by atoms with E-state index in [1.807, 2.05) is 24.8 Å². The number of aromatic nitrogens is 5. The Kier molecular flexibility index (Phi) is 5.11. The van der Waals surface area contributed by atoms with Gasteiger partial charge in [0.05, 0.1) is 17.9 Å². The second kappa shape index (κ2) is 7.96. The van der Waals surface area contributed by atoms with Crippen LogP contribution in [0.1, 0.15) is 47.4 Å². The molecular weight excluding hydrogens is 409 g/mol. The van der Waals surface area contributed by atoms with Crippen LogP contribution in [0.25, 0.3) is 5.69 Å². The summed E-state index contributed by atoms with van der Waals surface area (Å²) in [4.78, 5) is 28.4. The van der Waals surface area contributed by atoms with Crippen LogP contribution in [0.5, 0.6) is 0 Å². The van der Waals surface area contributed by atoms with E-state index < -0.39 is 5.82 Å². The zero-order chi connectivity index (χ0) is 22.3. The van der Waals surface area contributed by atoms with Gasteiger partial charge >= 0.3 is 0 Å². The molecule has 0 aliphatic carbocycles. The van der Waals surface area contributed by atoms with E-state index in [0.29, 0.717) is 24.7 Å².